The summed E-state index contributed by atoms with van der Waals surface area (Å²) in [5.74, 6) is 0.177. The van der Waals surface area contributed by atoms with Gasteiger partial charge in [-0.3, -0.25) is 0 Å². The van der Waals surface area contributed by atoms with Crippen molar-refractivity contribution in [2.75, 3.05) is 33.7 Å². The number of benzene rings is 1. The molecule has 6 heteroatoms. The average Bonchev–Trinajstić information content (AvgIpc) is 2.53. The molecule has 1 aromatic carbocycles. The smallest absolute Gasteiger partial charge is 0.330 e. The monoisotopic (exact) mass is 340 g/mol. The molecule has 1 rings (SSSR count). The van der Waals surface area contributed by atoms with E-state index in [-0.39, 0.29) is 12.8 Å². The summed E-state index contributed by atoms with van der Waals surface area (Å²) in [6.45, 7) is 3.21. The molecule has 0 spiro atoms. The average molecular weight is 341 g/mol. The fourth-order valence-electron chi connectivity index (χ4n) is 1.54. The summed E-state index contributed by atoms with van der Waals surface area (Å²) in [5.41, 5.74) is 0.885. The zero-order chi connectivity index (χ0) is 16.9. The van der Waals surface area contributed by atoms with Crippen LogP contribution in [0.15, 0.2) is 36.4 Å². The number of methoxy groups -OCH3 is 1. The molecule has 0 saturated heterocycles. The molecule has 0 atom stereocenters. The molecule has 0 radical (unpaired) electrons. The van der Waals surface area contributed by atoms with Gasteiger partial charge >= 0.3 is 5.97 Å². The van der Waals surface area contributed by atoms with E-state index in [4.69, 9.17) is 30.5 Å². The minimum absolute atomic E-state index is 0.112. The Kier molecular flexibility index (Phi) is 9.79. The summed E-state index contributed by atoms with van der Waals surface area (Å²) in [5, 5.41) is 0.483. The number of rotatable bonds is 10. The van der Waals surface area contributed by atoms with Gasteiger partial charge in [-0.2, -0.15) is 0 Å². The molecule has 126 valence electrons. The van der Waals surface area contributed by atoms with Crippen molar-refractivity contribution in [1.82, 2.24) is 0 Å². The highest BCUT2D eigenvalue weighted by molar-refractivity contribution is 6.32. The highest BCUT2D eigenvalue weighted by Gasteiger charge is 2.02. The first kappa shape index (κ1) is 19.2. The molecule has 0 aliphatic heterocycles. The highest BCUT2D eigenvalue weighted by atomic mass is 35.5. The SMILES string of the molecule is CCOC(=O)/C=C/C=C/c1ccc(OCOCCOC)c(Cl)c1. The van der Waals surface area contributed by atoms with Gasteiger partial charge in [0.1, 0.15) is 5.75 Å². The first-order chi connectivity index (χ1) is 11.2. The normalized spacial score (nSPS) is 11.3. The number of hydrogen-bond donors (Lipinski definition) is 0. The molecule has 0 aliphatic rings. The van der Waals surface area contributed by atoms with Gasteiger partial charge in [-0.15, -0.1) is 0 Å². The molecule has 0 N–H and O–H groups in total. The molecule has 0 heterocycles. The Labute approximate surface area is 141 Å². The topological polar surface area (TPSA) is 54.0 Å². The van der Waals surface area contributed by atoms with Gasteiger partial charge in [0.05, 0.1) is 24.8 Å². The fraction of sp³-hybridized carbons (Fsp3) is 0.353. The largest absolute Gasteiger partial charge is 0.466 e. The van der Waals surface area contributed by atoms with Crippen molar-refractivity contribution in [1.29, 1.82) is 0 Å². The van der Waals surface area contributed by atoms with Gasteiger partial charge < -0.3 is 18.9 Å². The zero-order valence-corrected chi connectivity index (χ0v) is 14.0. The van der Waals surface area contributed by atoms with Crippen LogP contribution in [-0.2, 0) is 19.0 Å². The van der Waals surface area contributed by atoms with E-state index in [1.54, 1.807) is 38.3 Å². The van der Waals surface area contributed by atoms with Crippen LogP contribution in [0.3, 0.4) is 0 Å². The minimum Gasteiger partial charge on any atom is -0.466 e. The van der Waals surface area contributed by atoms with Crippen molar-refractivity contribution < 1.29 is 23.7 Å². The first-order valence-corrected chi connectivity index (χ1v) is 7.55. The Hall–Kier alpha value is -1.82. The number of carbonyl (C=O) groups is 1. The van der Waals surface area contributed by atoms with Crippen LogP contribution in [0.25, 0.3) is 6.08 Å². The van der Waals surface area contributed by atoms with E-state index in [0.717, 1.165) is 5.56 Å². The molecule has 0 saturated carbocycles. The second-order valence-electron chi connectivity index (χ2n) is 4.32. The fourth-order valence-corrected chi connectivity index (χ4v) is 1.78. The molecule has 23 heavy (non-hydrogen) atoms. The number of ether oxygens (including phenoxy) is 4. The predicted octanol–water partition coefficient (Wildman–Crippen LogP) is 3.47. The van der Waals surface area contributed by atoms with Crippen LogP contribution in [0.2, 0.25) is 5.02 Å². The quantitative estimate of drug-likeness (QED) is 0.215. The standard InChI is InChI=1S/C17H21ClO5/c1-3-22-17(19)7-5-4-6-14-8-9-16(15(18)12-14)23-13-21-11-10-20-2/h4-9,12H,3,10-11,13H2,1-2H3/b6-4+,7-5+. The van der Waals surface area contributed by atoms with Gasteiger partial charge in [0.25, 0.3) is 0 Å². The van der Waals surface area contributed by atoms with Gasteiger partial charge in [-0.25, -0.2) is 4.79 Å². The minimum atomic E-state index is -0.368. The Morgan fingerprint density at radius 2 is 2.09 bits per heavy atom. The van der Waals surface area contributed by atoms with Gasteiger partial charge in [-0.1, -0.05) is 35.9 Å². The number of carbonyl (C=O) groups excluding carboxylic acids is 1. The van der Waals surface area contributed by atoms with Crippen LogP contribution in [0.4, 0.5) is 0 Å². The van der Waals surface area contributed by atoms with E-state index < -0.39 is 0 Å². The van der Waals surface area contributed by atoms with Crippen LogP contribution < -0.4 is 4.74 Å². The number of hydrogen-bond acceptors (Lipinski definition) is 5. The number of halogens is 1. The van der Waals surface area contributed by atoms with Crippen molar-refractivity contribution in [2.45, 2.75) is 6.92 Å². The summed E-state index contributed by atoms with van der Waals surface area (Å²) in [6, 6.07) is 5.38. The van der Waals surface area contributed by atoms with Crippen molar-refractivity contribution in [3.63, 3.8) is 0 Å². The molecule has 0 aromatic heterocycles. The predicted molar refractivity (Wildman–Crippen MR) is 89.6 cm³/mol. The molecule has 0 aliphatic carbocycles. The third kappa shape index (κ3) is 8.40. The van der Waals surface area contributed by atoms with Gasteiger partial charge in [0, 0.05) is 13.2 Å². The number of allylic oxidation sites excluding steroid dienone is 2. The summed E-state index contributed by atoms with van der Waals surface area (Å²) in [4.78, 5) is 11.1. The molecule has 5 nitrogen and oxygen atoms in total. The third-order valence-corrected chi connectivity index (χ3v) is 2.90. The lowest BCUT2D eigenvalue weighted by atomic mass is 10.2. The first-order valence-electron chi connectivity index (χ1n) is 7.18. The van der Waals surface area contributed by atoms with Crippen LogP contribution in [0.1, 0.15) is 12.5 Å². The maximum Gasteiger partial charge on any atom is 0.330 e. The van der Waals surface area contributed by atoms with Gasteiger partial charge in [0.15, 0.2) is 6.79 Å². The van der Waals surface area contributed by atoms with Crippen LogP contribution in [0.5, 0.6) is 5.75 Å². The summed E-state index contributed by atoms with van der Waals surface area (Å²) in [7, 11) is 1.61. The summed E-state index contributed by atoms with van der Waals surface area (Å²) < 4.78 is 20.3. The van der Waals surface area contributed by atoms with Gasteiger partial charge in [-0.05, 0) is 24.6 Å². The van der Waals surface area contributed by atoms with Gasteiger partial charge in [0.2, 0.25) is 0 Å². The maximum absolute atomic E-state index is 11.1. The summed E-state index contributed by atoms with van der Waals surface area (Å²) in [6.07, 6.45) is 6.52. The van der Waals surface area contributed by atoms with E-state index in [1.165, 1.54) is 6.08 Å². The van der Waals surface area contributed by atoms with E-state index in [1.807, 2.05) is 12.1 Å². The maximum atomic E-state index is 11.1. The lowest BCUT2D eigenvalue weighted by molar-refractivity contribution is -0.137. The van der Waals surface area contributed by atoms with Crippen molar-refractivity contribution in [3.8, 4) is 5.75 Å². The Morgan fingerprint density at radius 1 is 1.26 bits per heavy atom. The number of esters is 1. The molecule has 0 amide bonds. The second kappa shape index (κ2) is 11.7. The third-order valence-electron chi connectivity index (χ3n) is 2.60. The van der Waals surface area contributed by atoms with Crippen LogP contribution in [-0.4, -0.2) is 39.7 Å². The molecule has 0 bridgehead atoms. The van der Waals surface area contributed by atoms with Crippen molar-refractivity contribution >= 4 is 23.6 Å². The van der Waals surface area contributed by atoms with E-state index in [9.17, 15) is 4.79 Å². The lowest BCUT2D eigenvalue weighted by Crippen LogP contribution is -2.07. The van der Waals surface area contributed by atoms with Crippen molar-refractivity contribution in [2.24, 2.45) is 0 Å². The van der Waals surface area contributed by atoms with Crippen LogP contribution in [0, 0.1) is 0 Å². The lowest BCUT2D eigenvalue weighted by Gasteiger charge is -2.09. The second-order valence-corrected chi connectivity index (χ2v) is 4.73. The molecular weight excluding hydrogens is 320 g/mol. The molecule has 0 unspecified atom stereocenters. The van der Waals surface area contributed by atoms with Crippen LogP contribution >= 0.6 is 11.6 Å². The Bertz CT molecular complexity index is 540. The van der Waals surface area contributed by atoms with E-state index >= 15 is 0 Å². The van der Waals surface area contributed by atoms with Crippen molar-refractivity contribution in [3.05, 3.63) is 47.0 Å². The molecular formula is C17H21ClO5. The molecule has 1 aromatic rings. The Morgan fingerprint density at radius 3 is 2.78 bits per heavy atom. The molecule has 0 fully saturated rings. The summed E-state index contributed by atoms with van der Waals surface area (Å²) >= 11 is 6.14. The van der Waals surface area contributed by atoms with E-state index in [0.29, 0.717) is 30.6 Å². The van der Waals surface area contributed by atoms with E-state index in [2.05, 4.69) is 0 Å². The highest BCUT2D eigenvalue weighted by Crippen LogP contribution is 2.26. The Balaban J connectivity index is 2.47. The zero-order valence-electron chi connectivity index (χ0n) is 13.3.